The maximum Gasteiger partial charge on any atom is 0.300 e. The van der Waals surface area contributed by atoms with Gasteiger partial charge in [0.2, 0.25) is 0 Å². The van der Waals surface area contributed by atoms with Crippen LogP contribution in [-0.4, -0.2) is 45.1 Å². The van der Waals surface area contributed by atoms with Crippen LogP contribution in [-0.2, 0) is 4.79 Å². The lowest BCUT2D eigenvalue weighted by Crippen LogP contribution is -2.17. The normalized spacial score (nSPS) is 9.86. The van der Waals surface area contributed by atoms with E-state index in [2.05, 4.69) is 27.4 Å². The highest BCUT2D eigenvalue weighted by Crippen LogP contribution is 2.33. The quantitative estimate of drug-likeness (QED) is 0.405. The standard InChI is InChI=1S/C16H24N4O2/c1-5-7-16(21)19-14-10-12(17)15(22-4)11-13(14)18-8-6-9-20(2)3/h10-11,18H,6,8-9,17H2,1-4H3,(H,19,21). The van der Waals surface area contributed by atoms with E-state index >= 15 is 0 Å². The second-order valence-corrected chi connectivity index (χ2v) is 5.05. The Kier molecular flexibility index (Phi) is 7.06. The molecule has 0 aliphatic heterocycles. The Hall–Kier alpha value is -2.39. The Morgan fingerprint density at radius 3 is 2.68 bits per heavy atom. The van der Waals surface area contributed by atoms with Crippen molar-refractivity contribution in [1.82, 2.24) is 4.90 Å². The maximum atomic E-state index is 11.7. The number of amides is 1. The number of nitrogens with two attached hydrogens (primary N) is 1. The van der Waals surface area contributed by atoms with Crippen molar-refractivity contribution in [2.75, 3.05) is 50.7 Å². The second kappa shape index (κ2) is 8.80. The molecule has 0 heterocycles. The van der Waals surface area contributed by atoms with Gasteiger partial charge >= 0.3 is 0 Å². The zero-order valence-corrected chi connectivity index (χ0v) is 13.6. The van der Waals surface area contributed by atoms with Crippen LogP contribution in [0.3, 0.4) is 0 Å². The van der Waals surface area contributed by atoms with E-state index in [0.717, 1.165) is 25.2 Å². The van der Waals surface area contributed by atoms with Crippen LogP contribution < -0.4 is 21.1 Å². The average Bonchev–Trinajstić information content (AvgIpc) is 2.45. The van der Waals surface area contributed by atoms with Crippen LogP contribution >= 0.6 is 0 Å². The van der Waals surface area contributed by atoms with Crippen LogP contribution in [0.1, 0.15) is 13.3 Å². The summed E-state index contributed by atoms with van der Waals surface area (Å²) < 4.78 is 5.22. The molecule has 1 aromatic rings. The molecule has 0 fully saturated rings. The third-order valence-electron chi connectivity index (χ3n) is 2.95. The minimum atomic E-state index is -0.372. The average molecular weight is 304 g/mol. The number of carbonyl (C=O) groups is 1. The number of ether oxygens (including phenoxy) is 1. The number of hydrogen-bond acceptors (Lipinski definition) is 5. The van der Waals surface area contributed by atoms with Gasteiger partial charge in [0.05, 0.1) is 24.2 Å². The topological polar surface area (TPSA) is 79.6 Å². The smallest absolute Gasteiger partial charge is 0.300 e. The number of carbonyl (C=O) groups excluding carboxylic acids is 1. The molecule has 1 rings (SSSR count). The summed E-state index contributed by atoms with van der Waals surface area (Å²) in [6.45, 7) is 3.36. The molecule has 0 bridgehead atoms. The van der Waals surface area contributed by atoms with Crippen molar-refractivity contribution < 1.29 is 9.53 Å². The Labute approximate surface area is 132 Å². The fraction of sp³-hybridized carbons (Fsp3) is 0.438. The zero-order valence-electron chi connectivity index (χ0n) is 13.6. The van der Waals surface area contributed by atoms with Crippen LogP contribution in [0, 0.1) is 11.8 Å². The first-order valence-electron chi connectivity index (χ1n) is 7.07. The lowest BCUT2D eigenvalue weighted by atomic mass is 10.2. The van der Waals surface area contributed by atoms with E-state index in [0.29, 0.717) is 17.1 Å². The Morgan fingerprint density at radius 2 is 2.09 bits per heavy atom. The number of rotatable bonds is 7. The van der Waals surface area contributed by atoms with Gasteiger partial charge in [0, 0.05) is 12.6 Å². The first-order chi connectivity index (χ1) is 10.5. The van der Waals surface area contributed by atoms with E-state index in [1.807, 2.05) is 14.1 Å². The molecule has 0 aliphatic rings. The van der Waals surface area contributed by atoms with Crippen molar-refractivity contribution in [3.8, 4) is 17.6 Å². The van der Waals surface area contributed by atoms with Gasteiger partial charge in [-0.1, -0.05) is 5.92 Å². The van der Waals surface area contributed by atoms with Gasteiger partial charge in [-0.3, -0.25) is 4.79 Å². The number of methoxy groups -OCH3 is 1. The van der Waals surface area contributed by atoms with Gasteiger partial charge in [-0.15, -0.1) is 0 Å². The van der Waals surface area contributed by atoms with Gasteiger partial charge in [-0.05, 0) is 46.0 Å². The Morgan fingerprint density at radius 1 is 1.36 bits per heavy atom. The van der Waals surface area contributed by atoms with E-state index < -0.39 is 0 Å². The summed E-state index contributed by atoms with van der Waals surface area (Å²) in [7, 11) is 5.62. The predicted molar refractivity (Wildman–Crippen MR) is 91.1 cm³/mol. The fourth-order valence-corrected chi connectivity index (χ4v) is 1.91. The highest BCUT2D eigenvalue weighted by Gasteiger charge is 2.10. The summed E-state index contributed by atoms with van der Waals surface area (Å²) >= 11 is 0. The molecule has 4 N–H and O–H groups in total. The van der Waals surface area contributed by atoms with Crippen LogP contribution in [0.25, 0.3) is 0 Å². The van der Waals surface area contributed by atoms with E-state index in [4.69, 9.17) is 10.5 Å². The molecule has 0 spiro atoms. The molecule has 1 amide bonds. The van der Waals surface area contributed by atoms with Gasteiger partial charge in [0.25, 0.3) is 5.91 Å². The van der Waals surface area contributed by atoms with Crippen molar-refractivity contribution in [3.63, 3.8) is 0 Å². The van der Waals surface area contributed by atoms with Crippen molar-refractivity contribution in [2.45, 2.75) is 13.3 Å². The molecule has 0 atom stereocenters. The van der Waals surface area contributed by atoms with E-state index in [-0.39, 0.29) is 5.91 Å². The lowest BCUT2D eigenvalue weighted by molar-refractivity contribution is -0.111. The summed E-state index contributed by atoms with van der Waals surface area (Å²) in [5.74, 6) is 5.20. The zero-order chi connectivity index (χ0) is 16.5. The number of hydrogen-bond donors (Lipinski definition) is 3. The molecule has 0 aliphatic carbocycles. The minimum absolute atomic E-state index is 0.372. The predicted octanol–water partition coefficient (Wildman–Crippen LogP) is 1.60. The molecule has 6 heteroatoms. The van der Waals surface area contributed by atoms with Crippen molar-refractivity contribution in [2.24, 2.45) is 0 Å². The Bertz CT molecular complexity index is 573. The lowest BCUT2D eigenvalue weighted by Gasteiger charge is -2.16. The van der Waals surface area contributed by atoms with Gasteiger partial charge in [-0.25, -0.2) is 0 Å². The molecule has 0 saturated carbocycles. The van der Waals surface area contributed by atoms with Gasteiger partial charge < -0.3 is 26.0 Å². The fourth-order valence-electron chi connectivity index (χ4n) is 1.91. The molecule has 22 heavy (non-hydrogen) atoms. The number of nitrogen functional groups attached to an aromatic ring is 1. The molecule has 0 saturated heterocycles. The maximum absolute atomic E-state index is 11.7. The summed E-state index contributed by atoms with van der Waals surface area (Å²) in [5.41, 5.74) is 7.71. The number of nitrogens with zero attached hydrogens (tertiary/aromatic N) is 1. The van der Waals surface area contributed by atoms with Gasteiger partial charge in [-0.2, -0.15) is 0 Å². The monoisotopic (exact) mass is 304 g/mol. The Balaban J connectivity index is 2.89. The summed E-state index contributed by atoms with van der Waals surface area (Å²) in [4.78, 5) is 13.8. The molecular weight excluding hydrogens is 280 g/mol. The molecule has 6 nitrogen and oxygen atoms in total. The first-order valence-corrected chi connectivity index (χ1v) is 7.07. The van der Waals surface area contributed by atoms with Gasteiger partial charge in [0.15, 0.2) is 0 Å². The highest BCUT2D eigenvalue weighted by atomic mass is 16.5. The molecule has 0 radical (unpaired) electrons. The molecule has 1 aromatic carbocycles. The summed E-state index contributed by atoms with van der Waals surface area (Å²) in [6, 6.07) is 3.45. The van der Waals surface area contributed by atoms with Crippen molar-refractivity contribution >= 4 is 23.0 Å². The SMILES string of the molecule is CC#CC(=O)Nc1cc(N)c(OC)cc1NCCCN(C)C. The number of benzene rings is 1. The van der Waals surface area contributed by atoms with Gasteiger partial charge in [0.1, 0.15) is 5.75 Å². The third kappa shape index (κ3) is 5.54. The molecule has 0 unspecified atom stereocenters. The largest absolute Gasteiger partial charge is 0.495 e. The minimum Gasteiger partial charge on any atom is -0.495 e. The third-order valence-corrected chi connectivity index (χ3v) is 2.95. The summed E-state index contributed by atoms with van der Waals surface area (Å²) in [6.07, 6.45) is 0.974. The van der Waals surface area contributed by atoms with Crippen LogP contribution in [0.4, 0.5) is 17.1 Å². The highest BCUT2D eigenvalue weighted by molar-refractivity contribution is 6.06. The van der Waals surface area contributed by atoms with Crippen LogP contribution in [0.2, 0.25) is 0 Å². The molecule has 120 valence electrons. The van der Waals surface area contributed by atoms with Crippen LogP contribution in [0.15, 0.2) is 12.1 Å². The van der Waals surface area contributed by atoms with E-state index in [1.54, 1.807) is 26.2 Å². The second-order valence-electron chi connectivity index (χ2n) is 5.05. The van der Waals surface area contributed by atoms with E-state index in [1.165, 1.54) is 0 Å². The summed E-state index contributed by atoms with van der Waals surface area (Å²) in [5, 5.41) is 6.03. The number of nitrogens with one attached hydrogen (secondary N) is 2. The molecule has 0 aromatic heterocycles. The van der Waals surface area contributed by atoms with Crippen molar-refractivity contribution in [1.29, 1.82) is 0 Å². The van der Waals surface area contributed by atoms with E-state index in [9.17, 15) is 4.79 Å². The van der Waals surface area contributed by atoms with Crippen LogP contribution in [0.5, 0.6) is 5.75 Å². The van der Waals surface area contributed by atoms with Crippen molar-refractivity contribution in [3.05, 3.63) is 12.1 Å². The first kappa shape index (κ1) is 17.7. The number of anilines is 3. The molecular formula is C16H24N4O2.